The van der Waals surface area contributed by atoms with Gasteiger partial charge in [-0.15, -0.1) is 0 Å². The molecule has 2 atom stereocenters. The van der Waals surface area contributed by atoms with Crippen molar-refractivity contribution in [2.75, 3.05) is 64.9 Å². The molecule has 156 valence electrons. The predicted molar refractivity (Wildman–Crippen MR) is 103 cm³/mol. The van der Waals surface area contributed by atoms with Gasteiger partial charge in [-0.3, -0.25) is 9.69 Å². The van der Waals surface area contributed by atoms with Gasteiger partial charge < -0.3 is 35.5 Å². The summed E-state index contributed by atoms with van der Waals surface area (Å²) in [6, 6.07) is 3.23. The number of aliphatic hydroxyl groups is 2. The Hall–Kier alpha value is -2.07. The number of β-amino-alcohol motifs (C(OH)–C–C–N with tert-alkyl or cyclic N) is 1. The summed E-state index contributed by atoms with van der Waals surface area (Å²) in [4.78, 5) is 14.8. The van der Waals surface area contributed by atoms with Crippen molar-refractivity contribution >= 4 is 11.6 Å². The molecule has 5 N–H and O–H groups in total. The molecule has 0 aliphatic carbocycles. The minimum Gasteiger partial charge on any atom is -0.486 e. The maximum absolute atomic E-state index is 12.7. The fraction of sp³-hybridized carbons (Fsp3) is 0.632. The maximum Gasteiger partial charge on any atom is 0.255 e. The number of rotatable bonds is 8. The van der Waals surface area contributed by atoms with Gasteiger partial charge in [0.05, 0.1) is 31.5 Å². The summed E-state index contributed by atoms with van der Waals surface area (Å²) < 4.78 is 16.4. The van der Waals surface area contributed by atoms with Crippen molar-refractivity contribution in [3.05, 3.63) is 17.7 Å². The molecule has 0 unspecified atom stereocenters. The number of carbonyl (C=O) groups is 1. The van der Waals surface area contributed by atoms with Crippen LogP contribution < -0.4 is 20.5 Å². The number of carbonyl (C=O) groups excluding carboxylic acids is 1. The molecule has 28 heavy (non-hydrogen) atoms. The summed E-state index contributed by atoms with van der Waals surface area (Å²) in [7, 11) is 0. The summed E-state index contributed by atoms with van der Waals surface area (Å²) in [5, 5.41) is 22.0. The first kappa shape index (κ1) is 20.7. The molecule has 0 aromatic heterocycles. The summed E-state index contributed by atoms with van der Waals surface area (Å²) in [5.41, 5.74) is 6.66. The lowest BCUT2D eigenvalue weighted by atomic mass is 9.93. The van der Waals surface area contributed by atoms with Gasteiger partial charge in [0.1, 0.15) is 13.2 Å². The lowest BCUT2D eigenvalue weighted by Crippen LogP contribution is -2.48. The van der Waals surface area contributed by atoms with Crippen LogP contribution in [0.4, 0.5) is 5.69 Å². The third kappa shape index (κ3) is 5.26. The van der Waals surface area contributed by atoms with Crippen LogP contribution in [0.2, 0.25) is 0 Å². The Morgan fingerprint density at radius 1 is 1.32 bits per heavy atom. The van der Waals surface area contributed by atoms with Crippen molar-refractivity contribution in [2.24, 2.45) is 5.92 Å². The van der Waals surface area contributed by atoms with E-state index in [4.69, 9.17) is 25.1 Å². The van der Waals surface area contributed by atoms with Crippen LogP contribution in [0.3, 0.4) is 0 Å². The van der Waals surface area contributed by atoms with E-state index in [1.165, 1.54) is 0 Å². The Labute approximate surface area is 164 Å². The first-order valence-corrected chi connectivity index (χ1v) is 9.65. The van der Waals surface area contributed by atoms with E-state index in [1.54, 1.807) is 12.1 Å². The molecule has 9 heteroatoms. The monoisotopic (exact) mass is 395 g/mol. The van der Waals surface area contributed by atoms with E-state index in [9.17, 15) is 9.90 Å². The number of hydrogen-bond donors (Lipinski definition) is 4. The third-order valence-electron chi connectivity index (χ3n) is 5.03. The SMILES string of the molecule is Nc1cc2c(c(C(=O)NC[C@@H]3CCN(CCOCCO)C[C@H]3O)c1)OCCO2. The van der Waals surface area contributed by atoms with E-state index in [0.717, 1.165) is 13.0 Å². The van der Waals surface area contributed by atoms with Crippen molar-refractivity contribution in [1.29, 1.82) is 0 Å². The van der Waals surface area contributed by atoms with Crippen LogP contribution >= 0.6 is 0 Å². The Morgan fingerprint density at radius 2 is 2.14 bits per heavy atom. The number of nitrogens with one attached hydrogen (secondary N) is 1. The van der Waals surface area contributed by atoms with Crippen LogP contribution in [0.5, 0.6) is 11.5 Å². The minimum atomic E-state index is -0.527. The number of nitrogens with two attached hydrogens (primary N) is 1. The molecular weight excluding hydrogens is 366 g/mol. The number of piperidine rings is 1. The fourth-order valence-electron chi connectivity index (χ4n) is 3.51. The molecule has 2 heterocycles. The lowest BCUT2D eigenvalue weighted by Gasteiger charge is -2.36. The Morgan fingerprint density at radius 3 is 2.93 bits per heavy atom. The zero-order valence-corrected chi connectivity index (χ0v) is 15.9. The summed E-state index contributed by atoms with van der Waals surface area (Å²) in [6.07, 6.45) is 0.247. The van der Waals surface area contributed by atoms with Crippen LogP contribution in [0.1, 0.15) is 16.8 Å². The van der Waals surface area contributed by atoms with E-state index in [1.807, 2.05) is 0 Å². The van der Waals surface area contributed by atoms with Crippen LogP contribution in [0.25, 0.3) is 0 Å². The number of hydrogen-bond acceptors (Lipinski definition) is 8. The van der Waals surface area contributed by atoms with Gasteiger partial charge in [0.25, 0.3) is 5.91 Å². The van der Waals surface area contributed by atoms with Gasteiger partial charge in [-0.05, 0) is 19.0 Å². The standard InChI is InChI=1S/C19H29N3O6/c20-14-9-15(18-17(10-14)27-7-8-28-18)19(25)21-11-13-1-2-22(12-16(13)24)3-5-26-6-4-23/h9-10,13,16,23-24H,1-8,11-12,20H2,(H,21,25)/t13-,16+/m0/s1. The highest BCUT2D eigenvalue weighted by Gasteiger charge is 2.29. The molecule has 1 amide bonds. The molecule has 1 aromatic carbocycles. The number of benzene rings is 1. The van der Waals surface area contributed by atoms with Gasteiger partial charge in [-0.2, -0.15) is 0 Å². The number of fused-ring (bicyclic) bond motifs is 1. The van der Waals surface area contributed by atoms with Gasteiger partial charge in [0.15, 0.2) is 11.5 Å². The van der Waals surface area contributed by atoms with Gasteiger partial charge >= 0.3 is 0 Å². The number of amides is 1. The number of likely N-dealkylation sites (tertiary alicyclic amines) is 1. The highest BCUT2D eigenvalue weighted by atomic mass is 16.6. The van der Waals surface area contributed by atoms with Crippen molar-refractivity contribution in [1.82, 2.24) is 10.2 Å². The average Bonchev–Trinajstić information content (AvgIpc) is 2.69. The molecule has 2 aliphatic rings. The fourth-order valence-corrected chi connectivity index (χ4v) is 3.51. The highest BCUT2D eigenvalue weighted by Crippen LogP contribution is 2.36. The van der Waals surface area contributed by atoms with Crippen LogP contribution in [-0.2, 0) is 4.74 Å². The zero-order valence-electron chi connectivity index (χ0n) is 15.9. The molecule has 0 bridgehead atoms. The number of anilines is 1. The van der Waals surface area contributed by atoms with E-state index in [-0.39, 0.29) is 18.4 Å². The minimum absolute atomic E-state index is 0.0117. The summed E-state index contributed by atoms with van der Waals surface area (Å²) in [6.45, 7) is 4.12. The zero-order chi connectivity index (χ0) is 19.9. The van der Waals surface area contributed by atoms with Crippen molar-refractivity contribution in [3.63, 3.8) is 0 Å². The molecule has 1 fully saturated rings. The number of aliphatic hydroxyl groups excluding tert-OH is 2. The van der Waals surface area contributed by atoms with Crippen molar-refractivity contribution < 1.29 is 29.2 Å². The lowest BCUT2D eigenvalue weighted by molar-refractivity contribution is 0.00567. The van der Waals surface area contributed by atoms with Gasteiger partial charge in [-0.25, -0.2) is 0 Å². The Bertz CT molecular complexity index is 671. The van der Waals surface area contributed by atoms with E-state index < -0.39 is 6.10 Å². The van der Waals surface area contributed by atoms with Crippen molar-refractivity contribution in [3.8, 4) is 11.5 Å². The molecule has 1 aromatic rings. The molecule has 0 saturated carbocycles. The van der Waals surface area contributed by atoms with Crippen LogP contribution in [0.15, 0.2) is 12.1 Å². The average molecular weight is 395 g/mol. The van der Waals surface area contributed by atoms with E-state index in [2.05, 4.69) is 10.2 Å². The molecule has 0 radical (unpaired) electrons. The predicted octanol–water partition coefficient (Wildman–Crippen LogP) is -0.538. The second-order valence-corrected chi connectivity index (χ2v) is 7.06. The molecular formula is C19H29N3O6. The van der Waals surface area contributed by atoms with Crippen LogP contribution in [-0.4, -0.2) is 86.3 Å². The maximum atomic E-state index is 12.7. The van der Waals surface area contributed by atoms with Gasteiger partial charge in [-0.1, -0.05) is 0 Å². The first-order valence-electron chi connectivity index (χ1n) is 9.65. The third-order valence-corrected chi connectivity index (χ3v) is 5.03. The number of ether oxygens (including phenoxy) is 3. The van der Waals surface area contributed by atoms with Gasteiger partial charge in [0, 0.05) is 37.3 Å². The van der Waals surface area contributed by atoms with Crippen molar-refractivity contribution in [2.45, 2.75) is 12.5 Å². The van der Waals surface area contributed by atoms with E-state index in [0.29, 0.717) is 68.8 Å². The molecule has 9 nitrogen and oxygen atoms in total. The second kappa shape index (κ2) is 9.92. The summed E-state index contributed by atoms with van der Waals surface area (Å²) in [5.74, 6) is 0.582. The summed E-state index contributed by atoms with van der Waals surface area (Å²) >= 11 is 0. The van der Waals surface area contributed by atoms with Gasteiger partial charge in [0.2, 0.25) is 0 Å². The Balaban J connectivity index is 1.50. The second-order valence-electron chi connectivity index (χ2n) is 7.06. The highest BCUT2D eigenvalue weighted by molar-refractivity contribution is 5.99. The number of nitrogens with zero attached hydrogens (tertiary/aromatic N) is 1. The normalized spacial score (nSPS) is 22.1. The quantitative estimate of drug-likeness (QED) is 0.342. The van der Waals surface area contributed by atoms with E-state index >= 15 is 0 Å². The molecule has 1 saturated heterocycles. The molecule has 2 aliphatic heterocycles. The number of nitrogen functional groups attached to an aromatic ring is 1. The first-order chi connectivity index (χ1) is 13.6. The smallest absolute Gasteiger partial charge is 0.255 e. The molecule has 0 spiro atoms. The molecule has 3 rings (SSSR count). The van der Waals surface area contributed by atoms with Crippen LogP contribution in [0, 0.1) is 5.92 Å². The Kier molecular flexibility index (Phi) is 7.32. The topological polar surface area (TPSA) is 127 Å². The largest absolute Gasteiger partial charge is 0.486 e.